The van der Waals surface area contributed by atoms with E-state index < -0.39 is 52.7 Å². The predicted molar refractivity (Wildman–Crippen MR) is 122 cm³/mol. The molecule has 8 heteroatoms. The number of likely N-dealkylation sites (tertiary alicyclic amines) is 1. The summed E-state index contributed by atoms with van der Waals surface area (Å²) in [6.07, 6.45) is -1.07. The van der Waals surface area contributed by atoms with Gasteiger partial charge < -0.3 is 4.74 Å². The lowest BCUT2D eigenvalue weighted by Crippen LogP contribution is -2.50. The Hall–Kier alpha value is -3.68. The summed E-state index contributed by atoms with van der Waals surface area (Å²) in [6.45, 7) is -0.0383. The number of halogens is 2. The molecule has 0 radical (unpaired) electrons. The third-order valence-electron chi connectivity index (χ3n) is 7.06. The summed E-state index contributed by atoms with van der Waals surface area (Å²) in [7, 11) is 0. The third-order valence-corrected chi connectivity index (χ3v) is 7.31. The first-order valence-electron chi connectivity index (χ1n) is 11.0. The van der Waals surface area contributed by atoms with E-state index in [2.05, 4.69) is 0 Å². The van der Waals surface area contributed by atoms with Crippen molar-refractivity contribution in [2.24, 2.45) is 11.8 Å². The normalized spacial score (nSPS) is 24.4. The molecule has 0 unspecified atom stereocenters. The summed E-state index contributed by atoms with van der Waals surface area (Å²) in [4.78, 5) is 55.8. The first kappa shape index (κ1) is 21.8. The maximum absolute atomic E-state index is 13.7. The maximum atomic E-state index is 13.7. The van der Waals surface area contributed by atoms with Crippen molar-refractivity contribution < 1.29 is 28.3 Å². The zero-order valence-corrected chi connectivity index (χ0v) is 18.9. The van der Waals surface area contributed by atoms with Crippen LogP contribution in [0.4, 0.5) is 4.39 Å². The molecule has 2 amide bonds. The Labute approximate surface area is 204 Å². The number of carbonyl (C=O) groups excluding carboxylic acids is 4. The molecule has 3 aromatic carbocycles. The van der Waals surface area contributed by atoms with E-state index in [1.165, 1.54) is 36.4 Å². The van der Waals surface area contributed by atoms with Gasteiger partial charge in [-0.25, -0.2) is 4.39 Å². The van der Waals surface area contributed by atoms with Crippen molar-refractivity contribution in [1.29, 1.82) is 0 Å². The molecule has 3 aliphatic rings. The van der Waals surface area contributed by atoms with Crippen LogP contribution in [0.1, 0.15) is 37.9 Å². The van der Waals surface area contributed by atoms with Gasteiger partial charge in [0.2, 0.25) is 29.0 Å². The van der Waals surface area contributed by atoms with Gasteiger partial charge in [0.15, 0.2) is 0 Å². The van der Waals surface area contributed by atoms with E-state index in [4.69, 9.17) is 16.3 Å². The Morgan fingerprint density at radius 1 is 0.829 bits per heavy atom. The number of hydrogen-bond donors (Lipinski definition) is 0. The van der Waals surface area contributed by atoms with Crippen LogP contribution in [-0.2, 0) is 20.9 Å². The minimum absolute atomic E-state index is 0.0383. The second-order valence-electron chi connectivity index (χ2n) is 8.92. The Morgan fingerprint density at radius 3 is 2.03 bits per heavy atom. The molecule has 6 nitrogen and oxygen atoms in total. The SMILES string of the molecule is O=C1[C@@H]2[C@H](c3ccc(F)cc3)OC3(C(=O)c4ccccc4C3=O)[C@H]2C(=O)N1Cc1ccc(Cl)cc1. The highest BCUT2D eigenvalue weighted by Gasteiger charge is 2.74. The number of amides is 2. The molecule has 2 aliphatic heterocycles. The Bertz CT molecular complexity index is 1380. The van der Waals surface area contributed by atoms with Crippen LogP contribution in [0.5, 0.6) is 0 Å². The zero-order chi connectivity index (χ0) is 24.5. The molecule has 0 bridgehead atoms. The lowest BCUT2D eigenvalue weighted by atomic mass is 9.77. The number of benzene rings is 3. The second-order valence-corrected chi connectivity index (χ2v) is 9.36. The molecule has 1 aliphatic carbocycles. The molecule has 2 saturated heterocycles. The third kappa shape index (κ3) is 2.98. The van der Waals surface area contributed by atoms with Crippen LogP contribution in [0.15, 0.2) is 72.8 Å². The Morgan fingerprint density at radius 2 is 1.43 bits per heavy atom. The standard InChI is InChI=1S/C27H17ClFNO5/c28-16-9-5-14(6-10-16)13-30-25(33)20-21(26(30)34)27(35-22(20)15-7-11-17(29)12-8-15)23(31)18-3-1-2-4-19(18)24(27)32/h1-12,20-22H,13H2/t20-,21+,22-/m0/s1. The molecule has 2 heterocycles. The maximum Gasteiger partial charge on any atom is 0.237 e. The number of Topliss-reactive ketones (excluding diaryl/α,β-unsaturated/α-hetero) is 2. The molecule has 35 heavy (non-hydrogen) atoms. The highest BCUT2D eigenvalue weighted by atomic mass is 35.5. The van der Waals surface area contributed by atoms with E-state index in [1.54, 1.807) is 36.4 Å². The first-order chi connectivity index (χ1) is 16.8. The van der Waals surface area contributed by atoms with Crippen molar-refractivity contribution in [2.45, 2.75) is 18.2 Å². The van der Waals surface area contributed by atoms with E-state index >= 15 is 0 Å². The molecule has 3 aromatic rings. The monoisotopic (exact) mass is 489 g/mol. The van der Waals surface area contributed by atoms with Crippen molar-refractivity contribution in [3.8, 4) is 0 Å². The number of ether oxygens (including phenoxy) is 1. The molecular weight excluding hydrogens is 473 g/mol. The highest BCUT2D eigenvalue weighted by Crippen LogP contribution is 2.57. The molecule has 1 spiro atoms. The average molecular weight is 490 g/mol. The lowest BCUT2D eigenvalue weighted by Gasteiger charge is -2.27. The van der Waals surface area contributed by atoms with Crippen LogP contribution in [0, 0.1) is 17.7 Å². The van der Waals surface area contributed by atoms with Crippen LogP contribution >= 0.6 is 11.6 Å². The van der Waals surface area contributed by atoms with Gasteiger partial charge in [-0.2, -0.15) is 0 Å². The number of imide groups is 1. The van der Waals surface area contributed by atoms with Gasteiger partial charge in [-0.3, -0.25) is 24.1 Å². The van der Waals surface area contributed by atoms with Gasteiger partial charge in [-0.1, -0.05) is 60.1 Å². The summed E-state index contributed by atoms with van der Waals surface area (Å²) in [5, 5.41) is 0.508. The fourth-order valence-corrected chi connectivity index (χ4v) is 5.58. The van der Waals surface area contributed by atoms with Crippen molar-refractivity contribution in [3.63, 3.8) is 0 Å². The van der Waals surface area contributed by atoms with Gasteiger partial charge in [-0.05, 0) is 35.4 Å². The second kappa shape index (κ2) is 7.66. The quantitative estimate of drug-likeness (QED) is 0.407. The van der Waals surface area contributed by atoms with E-state index in [1.807, 2.05) is 0 Å². The molecule has 0 N–H and O–H groups in total. The number of carbonyl (C=O) groups is 4. The van der Waals surface area contributed by atoms with E-state index in [9.17, 15) is 23.6 Å². The van der Waals surface area contributed by atoms with Crippen molar-refractivity contribution in [3.05, 3.63) is 106 Å². The lowest BCUT2D eigenvalue weighted by molar-refractivity contribution is -0.145. The fourth-order valence-electron chi connectivity index (χ4n) is 5.46. The molecule has 174 valence electrons. The van der Waals surface area contributed by atoms with Crippen LogP contribution in [-0.4, -0.2) is 33.9 Å². The summed E-state index contributed by atoms with van der Waals surface area (Å²) < 4.78 is 19.8. The minimum Gasteiger partial charge on any atom is -0.349 e. The number of ketones is 2. The number of nitrogens with zero attached hydrogens (tertiary/aromatic N) is 1. The van der Waals surface area contributed by atoms with Crippen LogP contribution in [0.25, 0.3) is 0 Å². The molecule has 6 rings (SSSR count). The summed E-state index contributed by atoms with van der Waals surface area (Å²) in [6, 6.07) is 18.3. The number of fused-ring (bicyclic) bond motifs is 3. The highest BCUT2D eigenvalue weighted by molar-refractivity contribution is 6.35. The summed E-state index contributed by atoms with van der Waals surface area (Å²) >= 11 is 5.95. The van der Waals surface area contributed by atoms with Crippen LogP contribution in [0.2, 0.25) is 5.02 Å². The smallest absolute Gasteiger partial charge is 0.237 e. The van der Waals surface area contributed by atoms with Gasteiger partial charge in [0.1, 0.15) is 5.82 Å². The van der Waals surface area contributed by atoms with Gasteiger partial charge in [0.05, 0.1) is 24.5 Å². The van der Waals surface area contributed by atoms with Crippen molar-refractivity contribution in [2.75, 3.05) is 0 Å². The summed E-state index contributed by atoms with van der Waals surface area (Å²) in [5.74, 6) is -5.38. The fraction of sp³-hybridized carbons (Fsp3) is 0.185. The topological polar surface area (TPSA) is 80.8 Å². The Kier molecular flexibility index (Phi) is 4.78. The average Bonchev–Trinajstić information content (AvgIpc) is 3.42. The minimum atomic E-state index is -2.14. The van der Waals surface area contributed by atoms with Crippen LogP contribution < -0.4 is 0 Å². The Balaban J connectivity index is 1.48. The summed E-state index contributed by atoms with van der Waals surface area (Å²) in [5.41, 5.74) is -0.754. The number of hydrogen-bond acceptors (Lipinski definition) is 5. The molecule has 3 atom stereocenters. The molecule has 0 saturated carbocycles. The van der Waals surface area contributed by atoms with Gasteiger partial charge in [0, 0.05) is 16.1 Å². The van der Waals surface area contributed by atoms with Gasteiger partial charge in [0.25, 0.3) is 0 Å². The molecule has 0 aromatic heterocycles. The largest absolute Gasteiger partial charge is 0.349 e. The van der Waals surface area contributed by atoms with E-state index in [0.717, 1.165) is 4.90 Å². The molecule has 2 fully saturated rings. The van der Waals surface area contributed by atoms with E-state index in [-0.39, 0.29) is 17.7 Å². The zero-order valence-electron chi connectivity index (χ0n) is 18.1. The first-order valence-corrected chi connectivity index (χ1v) is 11.4. The van der Waals surface area contributed by atoms with Gasteiger partial charge >= 0.3 is 0 Å². The van der Waals surface area contributed by atoms with Crippen molar-refractivity contribution >= 4 is 35.0 Å². The number of rotatable bonds is 3. The molecular formula is C27H17ClFNO5. The van der Waals surface area contributed by atoms with Crippen LogP contribution in [0.3, 0.4) is 0 Å². The van der Waals surface area contributed by atoms with Gasteiger partial charge in [-0.15, -0.1) is 0 Å². The van der Waals surface area contributed by atoms with E-state index in [0.29, 0.717) is 16.1 Å². The predicted octanol–water partition coefficient (Wildman–Crippen LogP) is 4.17. The van der Waals surface area contributed by atoms with Crippen molar-refractivity contribution in [1.82, 2.24) is 4.90 Å².